The molecule has 0 bridgehead atoms. The number of aliphatic carboxylic acids is 1. The number of hydrogen-bond donors (Lipinski definition) is 1. The van der Waals surface area contributed by atoms with E-state index < -0.39 is 5.97 Å². The highest BCUT2D eigenvalue weighted by Gasteiger charge is 2.28. The maximum Gasteiger partial charge on any atom is 0.311 e. The molecule has 1 N–H and O–H groups in total. The van der Waals surface area contributed by atoms with Gasteiger partial charge in [0, 0.05) is 18.7 Å². The van der Waals surface area contributed by atoms with Crippen LogP contribution >= 0.6 is 0 Å². The van der Waals surface area contributed by atoms with Gasteiger partial charge in [0.1, 0.15) is 12.2 Å². The highest BCUT2D eigenvalue weighted by Crippen LogP contribution is 2.26. The number of nitrogens with zero attached hydrogens (tertiary/aromatic N) is 1. The normalized spacial score (nSPS) is 15.7. The Morgan fingerprint density at radius 1 is 1.42 bits per heavy atom. The molecule has 1 aromatic rings. The Hall–Kier alpha value is -1.78. The molecule has 5 nitrogen and oxygen atoms in total. The van der Waals surface area contributed by atoms with Crippen molar-refractivity contribution in [1.82, 2.24) is 4.90 Å². The standard InChI is InChI=1S/C14H19NO4/c1-9-8-19-11(7-12(16)17)13(9)14(18)15(2)10-5-3-4-6-10/h8,10H,3-7H2,1-2H3,(H,16,17). The summed E-state index contributed by atoms with van der Waals surface area (Å²) in [6.07, 6.45) is 5.53. The summed E-state index contributed by atoms with van der Waals surface area (Å²) in [6.45, 7) is 1.77. The highest BCUT2D eigenvalue weighted by molar-refractivity contribution is 5.97. The Morgan fingerprint density at radius 2 is 2.05 bits per heavy atom. The second-order valence-electron chi connectivity index (χ2n) is 5.14. The Bertz CT molecular complexity index is 486. The van der Waals surface area contributed by atoms with Crippen molar-refractivity contribution in [1.29, 1.82) is 0 Å². The van der Waals surface area contributed by atoms with Gasteiger partial charge in [-0.25, -0.2) is 0 Å². The van der Waals surface area contributed by atoms with Crippen molar-refractivity contribution in [2.24, 2.45) is 0 Å². The van der Waals surface area contributed by atoms with Gasteiger partial charge in [0.05, 0.1) is 11.8 Å². The smallest absolute Gasteiger partial charge is 0.311 e. The molecule has 1 heterocycles. The van der Waals surface area contributed by atoms with Crippen molar-refractivity contribution in [3.05, 3.63) is 23.2 Å². The molecule has 5 heteroatoms. The third-order valence-electron chi connectivity index (χ3n) is 3.77. The predicted octanol–water partition coefficient (Wildman–Crippen LogP) is 2.23. The fraction of sp³-hybridized carbons (Fsp3) is 0.571. The van der Waals surface area contributed by atoms with Gasteiger partial charge in [-0.05, 0) is 19.8 Å². The first kappa shape index (κ1) is 13.6. The van der Waals surface area contributed by atoms with Gasteiger partial charge in [-0.2, -0.15) is 0 Å². The van der Waals surface area contributed by atoms with Crippen LogP contribution in [0.5, 0.6) is 0 Å². The van der Waals surface area contributed by atoms with E-state index in [0.29, 0.717) is 11.1 Å². The van der Waals surface area contributed by atoms with Crippen molar-refractivity contribution in [3.63, 3.8) is 0 Å². The molecule has 1 aliphatic rings. The van der Waals surface area contributed by atoms with Crippen molar-refractivity contribution in [2.75, 3.05) is 7.05 Å². The van der Waals surface area contributed by atoms with E-state index in [1.165, 1.54) is 6.26 Å². The van der Waals surface area contributed by atoms with Crippen molar-refractivity contribution in [3.8, 4) is 0 Å². The molecule has 19 heavy (non-hydrogen) atoms. The summed E-state index contributed by atoms with van der Waals surface area (Å²) in [7, 11) is 1.79. The molecule has 0 spiro atoms. The minimum absolute atomic E-state index is 0.130. The summed E-state index contributed by atoms with van der Waals surface area (Å²) >= 11 is 0. The SMILES string of the molecule is Cc1coc(CC(=O)O)c1C(=O)N(C)C1CCCC1. The number of carbonyl (C=O) groups excluding carboxylic acids is 1. The minimum atomic E-state index is -0.994. The van der Waals surface area contributed by atoms with Crippen molar-refractivity contribution in [2.45, 2.75) is 45.1 Å². The van der Waals surface area contributed by atoms with E-state index in [4.69, 9.17) is 9.52 Å². The minimum Gasteiger partial charge on any atom is -0.481 e. The summed E-state index contributed by atoms with van der Waals surface area (Å²) in [5.41, 5.74) is 1.11. The van der Waals surface area contributed by atoms with Crippen LogP contribution in [0.2, 0.25) is 0 Å². The lowest BCUT2D eigenvalue weighted by atomic mass is 10.1. The zero-order chi connectivity index (χ0) is 14.0. The fourth-order valence-corrected chi connectivity index (χ4v) is 2.69. The molecule has 0 saturated heterocycles. The summed E-state index contributed by atoms with van der Waals surface area (Å²) in [5.74, 6) is -0.874. The van der Waals surface area contributed by atoms with Crippen LogP contribution in [-0.4, -0.2) is 35.0 Å². The highest BCUT2D eigenvalue weighted by atomic mass is 16.4. The van der Waals surface area contributed by atoms with Crippen LogP contribution in [0, 0.1) is 6.92 Å². The van der Waals surface area contributed by atoms with E-state index in [9.17, 15) is 9.59 Å². The molecule has 0 aliphatic heterocycles. The van der Waals surface area contributed by atoms with Gasteiger partial charge in [0.25, 0.3) is 5.91 Å². The number of carboxylic acids is 1. The molecule has 104 valence electrons. The van der Waals surface area contributed by atoms with E-state index in [-0.39, 0.29) is 24.1 Å². The first-order valence-corrected chi connectivity index (χ1v) is 6.56. The molecule has 1 aromatic heterocycles. The largest absolute Gasteiger partial charge is 0.481 e. The van der Waals surface area contributed by atoms with E-state index in [2.05, 4.69) is 0 Å². The first-order chi connectivity index (χ1) is 9.00. The van der Waals surface area contributed by atoms with E-state index in [1.54, 1.807) is 18.9 Å². The maximum absolute atomic E-state index is 12.5. The lowest BCUT2D eigenvalue weighted by molar-refractivity contribution is -0.136. The number of rotatable bonds is 4. The van der Waals surface area contributed by atoms with Gasteiger partial charge in [-0.15, -0.1) is 0 Å². The summed E-state index contributed by atoms with van der Waals surface area (Å²) in [5, 5.41) is 8.85. The van der Waals surface area contributed by atoms with Gasteiger partial charge in [-0.3, -0.25) is 9.59 Å². The fourth-order valence-electron chi connectivity index (χ4n) is 2.69. The monoisotopic (exact) mass is 265 g/mol. The topological polar surface area (TPSA) is 70.7 Å². The van der Waals surface area contributed by atoms with Crippen LogP contribution in [0.4, 0.5) is 0 Å². The van der Waals surface area contributed by atoms with Crippen molar-refractivity contribution >= 4 is 11.9 Å². The molecule has 0 unspecified atom stereocenters. The van der Waals surface area contributed by atoms with Gasteiger partial charge < -0.3 is 14.4 Å². The summed E-state index contributed by atoms with van der Waals surface area (Å²) < 4.78 is 5.21. The lowest BCUT2D eigenvalue weighted by Gasteiger charge is -2.24. The van der Waals surface area contributed by atoms with E-state index in [1.807, 2.05) is 0 Å². The summed E-state index contributed by atoms with van der Waals surface area (Å²) in [4.78, 5) is 25.0. The number of furan rings is 1. The predicted molar refractivity (Wildman–Crippen MR) is 69.1 cm³/mol. The maximum atomic E-state index is 12.5. The first-order valence-electron chi connectivity index (χ1n) is 6.56. The van der Waals surface area contributed by atoms with Crippen LogP contribution in [0.3, 0.4) is 0 Å². The second-order valence-corrected chi connectivity index (χ2v) is 5.14. The average Bonchev–Trinajstić information content (AvgIpc) is 2.97. The number of carboxylic acid groups (broad SMARTS) is 1. The number of carbonyl (C=O) groups is 2. The number of aryl methyl sites for hydroxylation is 1. The zero-order valence-corrected chi connectivity index (χ0v) is 11.3. The molecule has 1 fully saturated rings. The Morgan fingerprint density at radius 3 is 2.63 bits per heavy atom. The molecule has 1 saturated carbocycles. The van der Waals surface area contributed by atoms with Gasteiger partial charge in [0.2, 0.25) is 0 Å². The third-order valence-corrected chi connectivity index (χ3v) is 3.77. The van der Waals surface area contributed by atoms with Gasteiger partial charge >= 0.3 is 5.97 Å². The zero-order valence-electron chi connectivity index (χ0n) is 11.3. The Labute approximate surface area is 112 Å². The molecule has 2 rings (SSSR count). The van der Waals surface area contributed by atoms with Crippen molar-refractivity contribution < 1.29 is 19.1 Å². The Kier molecular flexibility index (Phi) is 3.93. The van der Waals surface area contributed by atoms with Crippen LogP contribution in [0.25, 0.3) is 0 Å². The third kappa shape index (κ3) is 2.80. The number of amides is 1. The van der Waals surface area contributed by atoms with E-state index in [0.717, 1.165) is 25.7 Å². The quantitative estimate of drug-likeness (QED) is 0.906. The average molecular weight is 265 g/mol. The molecule has 1 aliphatic carbocycles. The molecular formula is C14H19NO4. The summed E-state index contributed by atoms with van der Waals surface area (Å²) in [6, 6.07) is 0.263. The number of hydrogen-bond acceptors (Lipinski definition) is 3. The molecule has 0 atom stereocenters. The van der Waals surface area contributed by atoms with Gasteiger partial charge in [0.15, 0.2) is 0 Å². The molecule has 0 aromatic carbocycles. The lowest BCUT2D eigenvalue weighted by Crippen LogP contribution is -2.35. The van der Waals surface area contributed by atoms with Crippen LogP contribution in [0.1, 0.15) is 47.4 Å². The Balaban J connectivity index is 2.22. The van der Waals surface area contributed by atoms with Crippen LogP contribution < -0.4 is 0 Å². The molecule has 0 radical (unpaired) electrons. The molecule has 1 amide bonds. The van der Waals surface area contributed by atoms with Crippen LogP contribution in [-0.2, 0) is 11.2 Å². The second kappa shape index (κ2) is 5.47. The molecular weight excluding hydrogens is 246 g/mol. The van der Waals surface area contributed by atoms with Gasteiger partial charge in [-0.1, -0.05) is 12.8 Å². The van der Waals surface area contributed by atoms with E-state index >= 15 is 0 Å². The van der Waals surface area contributed by atoms with Crippen LogP contribution in [0.15, 0.2) is 10.7 Å².